The summed E-state index contributed by atoms with van der Waals surface area (Å²) in [5.41, 5.74) is 2.18. The molecule has 0 spiro atoms. The summed E-state index contributed by atoms with van der Waals surface area (Å²) in [5, 5.41) is 0.432. The molecule has 5 heteroatoms. The molecule has 0 saturated carbocycles. The minimum Gasteiger partial charge on any atom is -0.377 e. The van der Waals surface area contributed by atoms with Crippen LogP contribution in [0.25, 0.3) is 0 Å². The Hall–Kier alpha value is -0.940. The largest absolute Gasteiger partial charge is 0.377 e. The first-order valence-corrected chi connectivity index (χ1v) is 7.65. The first-order chi connectivity index (χ1) is 10.2. The maximum Gasteiger partial charge on any atom is 0.124 e. The van der Waals surface area contributed by atoms with Crippen molar-refractivity contribution in [3.05, 3.63) is 46.3 Å². The van der Waals surface area contributed by atoms with Gasteiger partial charge in [0.1, 0.15) is 5.82 Å². The molecule has 2 heterocycles. The van der Waals surface area contributed by atoms with Crippen LogP contribution in [0, 0.1) is 5.82 Å². The van der Waals surface area contributed by atoms with Gasteiger partial charge in [0, 0.05) is 30.2 Å². The van der Waals surface area contributed by atoms with E-state index in [1.807, 2.05) is 0 Å². The van der Waals surface area contributed by atoms with Crippen LogP contribution >= 0.6 is 11.6 Å². The second-order valence-electron chi connectivity index (χ2n) is 5.46. The van der Waals surface area contributed by atoms with Crippen LogP contribution in [0.1, 0.15) is 18.1 Å². The van der Waals surface area contributed by atoms with Gasteiger partial charge in [-0.05, 0) is 24.1 Å². The summed E-state index contributed by atoms with van der Waals surface area (Å²) in [7, 11) is 0. The fraction of sp³-hybridized carbons (Fsp3) is 0.500. The van der Waals surface area contributed by atoms with Gasteiger partial charge in [0.05, 0.1) is 25.9 Å². The highest BCUT2D eigenvalue weighted by Gasteiger charge is 2.24. The van der Waals surface area contributed by atoms with E-state index in [0.29, 0.717) is 11.6 Å². The van der Waals surface area contributed by atoms with Crippen LogP contribution in [0.3, 0.4) is 0 Å². The Morgan fingerprint density at radius 1 is 1.33 bits per heavy atom. The van der Waals surface area contributed by atoms with Crippen molar-refractivity contribution in [3.63, 3.8) is 0 Å². The van der Waals surface area contributed by atoms with Gasteiger partial charge in [-0.25, -0.2) is 4.39 Å². The van der Waals surface area contributed by atoms with Gasteiger partial charge in [0.25, 0.3) is 0 Å². The first kappa shape index (κ1) is 15.0. The molecule has 1 aromatic rings. The fourth-order valence-corrected chi connectivity index (χ4v) is 3.09. The van der Waals surface area contributed by atoms with Crippen molar-refractivity contribution in [3.8, 4) is 0 Å². The highest BCUT2D eigenvalue weighted by atomic mass is 35.5. The number of nitrogens with zero attached hydrogens (tertiary/aromatic N) is 1. The van der Waals surface area contributed by atoms with Gasteiger partial charge in [-0.15, -0.1) is 0 Å². The van der Waals surface area contributed by atoms with Crippen molar-refractivity contribution in [1.29, 1.82) is 0 Å². The van der Waals surface area contributed by atoms with E-state index in [0.717, 1.165) is 44.8 Å². The lowest BCUT2D eigenvalue weighted by Gasteiger charge is -2.34. The van der Waals surface area contributed by atoms with E-state index in [4.69, 9.17) is 21.1 Å². The summed E-state index contributed by atoms with van der Waals surface area (Å²) in [4.78, 5) is 2.34. The van der Waals surface area contributed by atoms with Crippen molar-refractivity contribution in [1.82, 2.24) is 4.90 Å². The van der Waals surface area contributed by atoms with Crippen LogP contribution in [-0.2, 0) is 9.47 Å². The average Bonchev–Trinajstić information content (AvgIpc) is 2.48. The van der Waals surface area contributed by atoms with E-state index < -0.39 is 0 Å². The van der Waals surface area contributed by atoms with Gasteiger partial charge in [0.2, 0.25) is 0 Å². The van der Waals surface area contributed by atoms with Gasteiger partial charge in [-0.1, -0.05) is 23.7 Å². The Labute approximate surface area is 129 Å². The molecule has 114 valence electrons. The van der Waals surface area contributed by atoms with Gasteiger partial charge in [-0.2, -0.15) is 0 Å². The lowest BCUT2D eigenvalue weighted by molar-refractivity contribution is -0.0281. The normalized spacial score (nSPS) is 23.9. The van der Waals surface area contributed by atoms with Gasteiger partial charge < -0.3 is 9.47 Å². The van der Waals surface area contributed by atoms with Gasteiger partial charge in [0.15, 0.2) is 0 Å². The number of benzene rings is 1. The predicted octanol–water partition coefficient (Wildman–Crippen LogP) is 3.20. The van der Waals surface area contributed by atoms with Crippen LogP contribution < -0.4 is 0 Å². The first-order valence-electron chi connectivity index (χ1n) is 7.27. The van der Waals surface area contributed by atoms with Crippen LogP contribution in [0.15, 0.2) is 29.8 Å². The van der Waals surface area contributed by atoms with Gasteiger partial charge in [-0.3, -0.25) is 4.90 Å². The second kappa shape index (κ2) is 6.88. The summed E-state index contributed by atoms with van der Waals surface area (Å²) in [6.07, 6.45) is 3.16. The zero-order valence-corrected chi connectivity index (χ0v) is 12.6. The zero-order chi connectivity index (χ0) is 14.7. The molecule has 0 unspecified atom stereocenters. The SMILES string of the molecule is Fc1ccc([C@@H]2CN(CC3=CCCOC3)CCO2)c(Cl)c1. The Balaban J connectivity index is 1.66. The van der Waals surface area contributed by atoms with Crippen molar-refractivity contribution in [2.75, 3.05) is 39.5 Å². The van der Waals surface area contributed by atoms with Crippen molar-refractivity contribution in [2.45, 2.75) is 12.5 Å². The van der Waals surface area contributed by atoms with Crippen molar-refractivity contribution < 1.29 is 13.9 Å². The molecule has 0 N–H and O–H groups in total. The number of hydrogen-bond donors (Lipinski definition) is 0. The van der Waals surface area contributed by atoms with Crippen LogP contribution in [0.5, 0.6) is 0 Å². The molecule has 0 radical (unpaired) electrons. The summed E-state index contributed by atoms with van der Waals surface area (Å²) in [5.74, 6) is -0.319. The Morgan fingerprint density at radius 2 is 2.24 bits per heavy atom. The van der Waals surface area contributed by atoms with E-state index in [2.05, 4.69) is 11.0 Å². The van der Waals surface area contributed by atoms with Crippen molar-refractivity contribution in [2.24, 2.45) is 0 Å². The molecule has 3 rings (SSSR count). The average molecular weight is 312 g/mol. The molecule has 1 fully saturated rings. The lowest BCUT2D eigenvalue weighted by Crippen LogP contribution is -2.40. The number of morpholine rings is 1. The van der Waals surface area contributed by atoms with Crippen LogP contribution in [0.2, 0.25) is 5.02 Å². The fourth-order valence-electron chi connectivity index (χ4n) is 2.80. The third-order valence-electron chi connectivity index (χ3n) is 3.87. The van der Waals surface area contributed by atoms with Gasteiger partial charge >= 0.3 is 0 Å². The van der Waals surface area contributed by atoms with E-state index in [9.17, 15) is 4.39 Å². The molecule has 2 aliphatic rings. The number of halogens is 2. The molecular weight excluding hydrogens is 293 g/mol. The van der Waals surface area contributed by atoms with E-state index in [1.165, 1.54) is 17.7 Å². The second-order valence-corrected chi connectivity index (χ2v) is 5.87. The van der Waals surface area contributed by atoms with E-state index in [-0.39, 0.29) is 11.9 Å². The molecule has 2 aliphatic heterocycles. The molecule has 0 amide bonds. The summed E-state index contributed by atoms with van der Waals surface area (Å²) in [6.45, 7) is 4.76. The van der Waals surface area contributed by atoms with Crippen LogP contribution in [0.4, 0.5) is 4.39 Å². The van der Waals surface area contributed by atoms with Crippen LogP contribution in [-0.4, -0.2) is 44.4 Å². The minimum atomic E-state index is -0.319. The smallest absolute Gasteiger partial charge is 0.124 e. The van der Waals surface area contributed by atoms with Crippen molar-refractivity contribution >= 4 is 11.6 Å². The number of rotatable bonds is 3. The zero-order valence-electron chi connectivity index (χ0n) is 11.9. The topological polar surface area (TPSA) is 21.7 Å². The molecule has 0 bridgehead atoms. The third kappa shape index (κ3) is 3.83. The number of ether oxygens (including phenoxy) is 2. The molecule has 21 heavy (non-hydrogen) atoms. The number of hydrogen-bond acceptors (Lipinski definition) is 3. The van der Waals surface area contributed by atoms with E-state index in [1.54, 1.807) is 6.07 Å². The molecule has 1 aromatic carbocycles. The minimum absolute atomic E-state index is 0.100. The summed E-state index contributed by atoms with van der Waals surface area (Å²) < 4.78 is 24.4. The Kier molecular flexibility index (Phi) is 4.91. The highest BCUT2D eigenvalue weighted by Crippen LogP contribution is 2.29. The predicted molar refractivity (Wildman–Crippen MR) is 80.1 cm³/mol. The maximum atomic E-state index is 13.1. The lowest BCUT2D eigenvalue weighted by atomic mass is 10.1. The van der Waals surface area contributed by atoms with E-state index >= 15 is 0 Å². The summed E-state index contributed by atoms with van der Waals surface area (Å²) >= 11 is 6.13. The highest BCUT2D eigenvalue weighted by molar-refractivity contribution is 6.31. The molecule has 3 nitrogen and oxygen atoms in total. The molecular formula is C16H19ClFNO2. The quantitative estimate of drug-likeness (QED) is 0.800. The Morgan fingerprint density at radius 3 is 3.00 bits per heavy atom. The summed E-state index contributed by atoms with van der Waals surface area (Å²) in [6, 6.07) is 4.49. The third-order valence-corrected chi connectivity index (χ3v) is 4.20. The molecule has 1 saturated heterocycles. The molecule has 1 atom stereocenters. The standard InChI is InChI=1S/C16H19ClFNO2/c17-15-8-13(18)3-4-14(15)16-10-19(5-7-21-16)9-12-2-1-6-20-11-12/h2-4,8,16H,1,5-7,9-11H2/t16-/m0/s1. The molecule has 0 aromatic heterocycles. The Bertz CT molecular complexity index is 535. The monoisotopic (exact) mass is 311 g/mol. The maximum absolute atomic E-state index is 13.1. The molecule has 0 aliphatic carbocycles.